The SMILES string of the molecule is N#Cc1cc(O)c2c(F)cccc2c1. The van der Waals surface area contributed by atoms with Crippen LogP contribution in [0.25, 0.3) is 10.8 Å². The van der Waals surface area contributed by atoms with E-state index in [9.17, 15) is 9.50 Å². The fourth-order valence-corrected chi connectivity index (χ4v) is 1.42. The lowest BCUT2D eigenvalue weighted by Crippen LogP contribution is -1.82. The first kappa shape index (κ1) is 8.52. The van der Waals surface area contributed by atoms with Crippen molar-refractivity contribution in [2.24, 2.45) is 0 Å². The maximum absolute atomic E-state index is 13.2. The third-order valence-electron chi connectivity index (χ3n) is 2.03. The molecule has 3 heteroatoms. The van der Waals surface area contributed by atoms with Crippen LogP contribution < -0.4 is 0 Å². The molecule has 0 atom stereocenters. The molecule has 0 saturated carbocycles. The van der Waals surface area contributed by atoms with E-state index in [0.717, 1.165) is 0 Å². The van der Waals surface area contributed by atoms with Crippen molar-refractivity contribution in [3.05, 3.63) is 41.7 Å². The molecule has 0 fully saturated rings. The number of halogens is 1. The van der Waals surface area contributed by atoms with Crippen molar-refractivity contribution in [1.29, 1.82) is 5.26 Å². The zero-order valence-electron chi connectivity index (χ0n) is 7.16. The van der Waals surface area contributed by atoms with E-state index in [2.05, 4.69) is 0 Å². The third kappa shape index (κ3) is 1.17. The number of nitrogens with zero attached hydrogens (tertiary/aromatic N) is 1. The van der Waals surface area contributed by atoms with Crippen molar-refractivity contribution in [2.45, 2.75) is 0 Å². The van der Waals surface area contributed by atoms with Crippen LogP contribution in [0.4, 0.5) is 4.39 Å². The van der Waals surface area contributed by atoms with E-state index < -0.39 is 5.82 Å². The molecule has 0 radical (unpaired) electrons. The molecule has 14 heavy (non-hydrogen) atoms. The molecule has 0 heterocycles. The Bertz CT molecular complexity index is 543. The number of aromatic hydroxyl groups is 1. The van der Waals surface area contributed by atoms with E-state index in [-0.39, 0.29) is 11.1 Å². The van der Waals surface area contributed by atoms with Gasteiger partial charge in [0.05, 0.1) is 17.0 Å². The van der Waals surface area contributed by atoms with Gasteiger partial charge in [0.2, 0.25) is 0 Å². The summed E-state index contributed by atoms with van der Waals surface area (Å²) in [5.74, 6) is -0.679. The maximum Gasteiger partial charge on any atom is 0.134 e. The lowest BCUT2D eigenvalue weighted by molar-refractivity contribution is 0.478. The summed E-state index contributed by atoms with van der Waals surface area (Å²) in [6.45, 7) is 0. The van der Waals surface area contributed by atoms with Crippen LogP contribution >= 0.6 is 0 Å². The molecule has 0 aliphatic rings. The summed E-state index contributed by atoms with van der Waals surface area (Å²) in [5.41, 5.74) is 0.320. The van der Waals surface area contributed by atoms with Gasteiger partial charge in [0.25, 0.3) is 0 Å². The normalized spacial score (nSPS) is 10.0. The fraction of sp³-hybridized carbons (Fsp3) is 0. The number of hydrogen-bond donors (Lipinski definition) is 1. The van der Waals surface area contributed by atoms with Gasteiger partial charge in [-0.2, -0.15) is 5.26 Å². The molecule has 2 nitrogen and oxygen atoms in total. The number of nitriles is 1. The van der Waals surface area contributed by atoms with E-state index in [1.807, 2.05) is 6.07 Å². The quantitative estimate of drug-likeness (QED) is 0.688. The van der Waals surface area contributed by atoms with Gasteiger partial charge < -0.3 is 5.11 Å². The molecule has 0 saturated heterocycles. The minimum atomic E-state index is -0.482. The maximum atomic E-state index is 13.2. The first-order valence-electron chi connectivity index (χ1n) is 4.03. The van der Waals surface area contributed by atoms with Gasteiger partial charge in [-0.3, -0.25) is 0 Å². The number of benzene rings is 2. The molecule has 68 valence electrons. The van der Waals surface area contributed by atoms with Crippen LogP contribution in [0.5, 0.6) is 5.75 Å². The van der Waals surface area contributed by atoms with Crippen LogP contribution in [0.3, 0.4) is 0 Å². The molecular formula is C11H6FNO. The summed E-state index contributed by atoms with van der Waals surface area (Å²) in [5, 5.41) is 18.8. The van der Waals surface area contributed by atoms with E-state index in [4.69, 9.17) is 5.26 Å². The van der Waals surface area contributed by atoms with E-state index >= 15 is 0 Å². The van der Waals surface area contributed by atoms with Crippen molar-refractivity contribution >= 4 is 10.8 Å². The Kier molecular flexibility index (Phi) is 1.83. The zero-order chi connectivity index (χ0) is 10.1. The van der Waals surface area contributed by atoms with Crippen molar-refractivity contribution in [1.82, 2.24) is 0 Å². The Labute approximate surface area is 79.8 Å². The average molecular weight is 187 g/mol. The molecule has 0 bridgehead atoms. The number of hydrogen-bond acceptors (Lipinski definition) is 2. The molecule has 0 aliphatic heterocycles. The second-order valence-electron chi connectivity index (χ2n) is 2.95. The lowest BCUT2D eigenvalue weighted by atomic mass is 10.1. The lowest BCUT2D eigenvalue weighted by Gasteiger charge is -2.02. The van der Waals surface area contributed by atoms with Crippen molar-refractivity contribution in [3.8, 4) is 11.8 Å². The summed E-state index contributed by atoms with van der Waals surface area (Å²) in [6.07, 6.45) is 0. The highest BCUT2D eigenvalue weighted by Gasteiger charge is 2.06. The smallest absolute Gasteiger partial charge is 0.134 e. The summed E-state index contributed by atoms with van der Waals surface area (Å²) in [4.78, 5) is 0. The van der Waals surface area contributed by atoms with Crippen molar-refractivity contribution in [2.75, 3.05) is 0 Å². The van der Waals surface area contributed by atoms with Crippen molar-refractivity contribution < 1.29 is 9.50 Å². The molecule has 2 aromatic carbocycles. The highest BCUT2D eigenvalue weighted by atomic mass is 19.1. The Morgan fingerprint density at radius 1 is 1.29 bits per heavy atom. The summed E-state index contributed by atoms with van der Waals surface area (Å²) in [6, 6.07) is 9.16. The molecule has 0 aliphatic carbocycles. The van der Waals surface area contributed by atoms with Gasteiger partial charge >= 0.3 is 0 Å². The van der Waals surface area contributed by atoms with Crippen LogP contribution in [0.15, 0.2) is 30.3 Å². The minimum absolute atomic E-state index is 0.159. The van der Waals surface area contributed by atoms with Crippen molar-refractivity contribution in [3.63, 3.8) is 0 Å². The average Bonchev–Trinajstić information content (AvgIpc) is 2.17. The van der Waals surface area contributed by atoms with Crippen LogP contribution in [0.2, 0.25) is 0 Å². The van der Waals surface area contributed by atoms with Gasteiger partial charge in [0, 0.05) is 0 Å². The van der Waals surface area contributed by atoms with Gasteiger partial charge in [-0.15, -0.1) is 0 Å². The Balaban J connectivity index is 2.91. The molecule has 0 amide bonds. The van der Waals surface area contributed by atoms with Gasteiger partial charge in [-0.1, -0.05) is 12.1 Å². The summed E-state index contributed by atoms with van der Waals surface area (Å²) < 4.78 is 13.2. The molecule has 0 aromatic heterocycles. The topological polar surface area (TPSA) is 44.0 Å². The highest BCUT2D eigenvalue weighted by molar-refractivity contribution is 5.89. The highest BCUT2D eigenvalue weighted by Crippen LogP contribution is 2.28. The molecule has 0 unspecified atom stereocenters. The monoisotopic (exact) mass is 187 g/mol. The third-order valence-corrected chi connectivity index (χ3v) is 2.03. The second kappa shape index (κ2) is 3.00. The largest absolute Gasteiger partial charge is 0.507 e. The summed E-state index contributed by atoms with van der Waals surface area (Å²) in [7, 11) is 0. The molecule has 2 aromatic rings. The van der Waals surface area contributed by atoms with Gasteiger partial charge in [-0.25, -0.2) is 4.39 Å². The van der Waals surface area contributed by atoms with Gasteiger partial charge in [-0.05, 0) is 23.6 Å². The standard InChI is InChI=1S/C11H6FNO/c12-9-3-1-2-8-4-7(6-13)5-10(14)11(8)9/h1-5,14H. The first-order valence-corrected chi connectivity index (χ1v) is 4.03. The molecule has 0 spiro atoms. The Morgan fingerprint density at radius 3 is 2.79 bits per heavy atom. The van der Waals surface area contributed by atoms with E-state index in [0.29, 0.717) is 10.9 Å². The summed E-state index contributed by atoms with van der Waals surface area (Å²) >= 11 is 0. The molecular weight excluding hydrogens is 181 g/mol. The number of phenols is 1. The van der Waals surface area contributed by atoms with Crippen LogP contribution in [-0.4, -0.2) is 5.11 Å². The van der Waals surface area contributed by atoms with Gasteiger partial charge in [0.15, 0.2) is 0 Å². The molecule has 2 rings (SSSR count). The second-order valence-corrected chi connectivity index (χ2v) is 2.95. The van der Waals surface area contributed by atoms with Gasteiger partial charge in [0.1, 0.15) is 11.6 Å². The number of phenolic OH excluding ortho intramolecular Hbond substituents is 1. The minimum Gasteiger partial charge on any atom is -0.507 e. The fourth-order valence-electron chi connectivity index (χ4n) is 1.42. The van der Waals surface area contributed by atoms with E-state index in [1.165, 1.54) is 24.3 Å². The molecule has 1 N–H and O–H groups in total. The van der Waals surface area contributed by atoms with Crippen LogP contribution in [0, 0.1) is 17.1 Å². The zero-order valence-corrected chi connectivity index (χ0v) is 7.16. The first-order chi connectivity index (χ1) is 6.72. The Hall–Kier alpha value is -2.08. The number of fused-ring (bicyclic) bond motifs is 1. The predicted molar refractivity (Wildman–Crippen MR) is 50.3 cm³/mol. The van der Waals surface area contributed by atoms with E-state index in [1.54, 1.807) is 6.07 Å². The van der Waals surface area contributed by atoms with Crippen LogP contribution in [-0.2, 0) is 0 Å². The number of rotatable bonds is 0. The Morgan fingerprint density at radius 2 is 2.07 bits per heavy atom. The predicted octanol–water partition coefficient (Wildman–Crippen LogP) is 2.56. The van der Waals surface area contributed by atoms with Crippen LogP contribution in [0.1, 0.15) is 5.56 Å².